The number of halogens is 1. The normalized spacial score (nSPS) is 24.9. The zero-order chi connectivity index (χ0) is 19.1. The van der Waals surface area contributed by atoms with E-state index < -0.39 is 5.82 Å². The molecule has 0 aromatic heterocycles. The molecule has 2 saturated heterocycles. The number of carbonyl (C=O) groups excluding carboxylic acids is 1. The van der Waals surface area contributed by atoms with E-state index in [4.69, 9.17) is 4.74 Å². The van der Waals surface area contributed by atoms with Crippen molar-refractivity contribution in [2.75, 3.05) is 33.8 Å². The number of benzene rings is 2. The fraction of sp³-hybridized carbons (Fsp3) is 0.409. The number of likely N-dealkylation sites (tertiary alicyclic amines) is 2. The zero-order valence-electron chi connectivity index (χ0n) is 16.0. The van der Waals surface area contributed by atoms with Crippen molar-refractivity contribution in [1.29, 1.82) is 0 Å². The maximum Gasteiger partial charge on any atom is 0.257 e. The van der Waals surface area contributed by atoms with Crippen molar-refractivity contribution < 1.29 is 13.9 Å². The molecular formula is C22H25FN2O2. The topological polar surface area (TPSA) is 32.8 Å². The second-order valence-electron chi connectivity index (χ2n) is 7.72. The highest BCUT2D eigenvalue weighted by atomic mass is 19.1. The Morgan fingerprint density at radius 3 is 2.52 bits per heavy atom. The molecule has 142 valence electrons. The zero-order valence-corrected chi connectivity index (χ0v) is 16.0. The summed E-state index contributed by atoms with van der Waals surface area (Å²) >= 11 is 0. The SMILES string of the molecule is COc1ccc([C@@H]2[C@@H]3CN(C(=O)c4c(C)cccc4F)C[C@@H]3CN2C)cc1. The van der Waals surface area contributed by atoms with Gasteiger partial charge in [-0.3, -0.25) is 9.69 Å². The molecule has 2 aromatic carbocycles. The first-order chi connectivity index (χ1) is 13.0. The Morgan fingerprint density at radius 2 is 1.85 bits per heavy atom. The molecule has 2 heterocycles. The molecule has 27 heavy (non-hydrogen) atoms. The van der Waals surface area contributed by atoms with Crippen LogP contribution in [-0.2, 0) is 0 Å². The van der Waals surface area contributed by atoms with Gasteiger partial charge in [-0.25, -0.2) is 4.39 Å². The third kappa shape index (κ3) is 3.10. The van der Waals surface area contributed by atoms with Crippen molar-refractivity contribution in [3.05, 3.63) is 65.0 Å². The number of hydrogen-bond acceptors (Lipinski definition) is 3. The molecule has 5 heteroatoms. The summed E-state index contributed by atoms with van der Waals surface area (Å²) in [6.45, 7) is 4.09. The first kappa shape index (κ1) is 18.0. The van der Waals surface area contributed by atoms with E-state index in [0.29, 0.717) is 30.5 Å². The lowest BCUT2D eigenvalue weighted by Crippen LogP contribution is -2.34. The Balaban J connectivity index is 1.56. The fourth-order valence-electron chi connectivity index (χ4n) is 4.79. The van der Waals surface area contributed by atoms with Crippen LogP contribution in [0.2, 0.25) is 0 Å². The minimum Gasteiger partial charge on any atom is -0.497 e. The second-order valence-corrected chi connectivity index (χ2v) is 7.72. The summed E-state index contributed by atoms with van der Waals surface area (Å²) in [5, 5.41) is 0. The highest BCUT2D eigenvalue weighted by Crippen LogP contribution is 2.44. The third-order valence-corrected chi connectivity index (χ3v) is 6.07. The van der Waals surface area contributed by atoms with Crippen LogP contribution in [0.5, 0.6) is 5.75 Å². The van der Waals surface area contributed by atoms with Gasteiger partial charge in [-0.1, -0.05) is 24.3 Å². The molecule has 1 amide bonds. The van der Waals surface area contributed by atoms with Crippen LogP contribution in [0.1, 0.15) is 27.5 Å². The summed E-state index contributed by atoms with van der Waals surface area (Å²) in [5.74, 6) is 1.00. The molecule has 0 N–H and O–H groups in total. The molecule has 4 nitrogen and oxygen atoms in total. The Morgan fingerprint density at radius 1 is 1.11 bits per heavy atom. The predicted octanol–water partition coefficient (Wildman–Crippen LogP) is 3.52. The molecule has 0 radical (unpaired) electrons. The van der Waals surface area contributed by atoms with Crippen molar-refractivity contribution in [2.45, 2.75) is 13.0 Å². The van der Waals surface area contributed by atoms with Crippen molar-refractivity contribution in [1.82, 2.24) is 9.80 Å². The molecule has 0 aliphatic carbocycles. The van der Waals surface area contributed by atoms with Crippen molar-refractivity contribution >= 4 is 5.91 Å². The van der Waals surface area contributed by atoms with Crippen molar-refractivity contribution in [3.8, 4) is 5.75 Å². The molecule has 2 fully saturated rings. The third-order valence-electron chi connectivity index (χ3n) is 6.07. The Labute approximate surface area is 159 Å². The average Bonchev–Trinajstić information content (AvgIpc) is 3.18. The van der Waals surface area contributed by atoms with Gasteiger partial charge >= 0.3 is 0 Å². The van der Waals surface area contributed by atoms with Crippen LogP contribution < -0.4 is 4.74 Å². The highest BCUT2D eigenvalue weighted by Gasteiger charge is 2.47. The summed E-state index contributed by atoms with van der Waals surface area (Å²) in [6.07, 6.45) is 0. The summed E-state index contributed by atoms with van der Waals surface area (Å²) in [4.78, 5) is 17.2. The first-order valence-electron chi connectivity index (χ1n) is 9.38. The van der Waals surface area contributed by atoms with Gasteiger partial charge in [0.15, 0.2) is 0 Å². The molecule has 3 atom stereocenters. The van der Waals surface area contributed by atoms with Crippen LogP contribution in [0.3, 0.4) is 0 Å². The van der Waals surface area contributed by atoms with E-state index in [-0.39, 0.29) is 17.5 Å². The lowest BCUT2D eigenvalue weighted by Gasteiger charge is -2.27. The largest absolute Gasteiger partial charge is 0.497 e. The van der Waals surface area contributed by atoms with Gasteiger partial charge in [-0.15, -0.1) is 0 Å². The molecule has 2 aliphatic heterocycles. The van der Waals surface area contributed by atoms with Gasteiger partial charge in [-0.05, 0) is 49.2 Å². The van der Waals surface area contributed by atoms with Gasteiger partial charge in [0.05, 0.1) is 12.7 Å². The smallest absolute Gasteiger partial charge is 0.257 e. The van der Waals surface area contributed by atoms with Gasteiger partial charge in [0.25, 0.3) is 5.91 Å². The van der Waals surface area contributed by atoms with Gasteiger partial charge in [0.2, 0.25) is 0 Å². The summed E-state index contributed by atoms with van der Waals surface area (Å²) in [5.41, 5.74) is 2.15. The maximum absolute atomic E-state index is 14.3. The molecule has 0 unspecified atom stereocenters. The molecule has 4 rings (SSSR count). The van der Waals surface area contributed by atoms with Crippen molar-refractivity contribution in [3.63, 3.8) is 0 Å². The fourth-order valence-corrected chi connectivity index (χ4v) is 4.79. The lowest BCUT2D eigenvalue weighted by molar-refractivity contribution is 0.0762. The van der Waals surface area contributed by atoms with E-state index in [1.165, 1.54) is 11.6 Å². The Bertz CT molecular complexity index is 832. The quantitative estimate of drug-likeness (QED) is 0.831. The molecule has 0 bridgehead atoms. The second kappa shape index (κ2) is 6.97. The van der Waals surface area contributed by atoms with E-state index in [0.717, 1.165) is 12.3 Å². The number of methoxy groups -OCH3 is 1. The molecule has 2 aromatic rings. The van der Waals surface area contributed by atoms with E-state index in [9.17, 15) is 9.18 Å². The lowest BCUT2D eigenvalue weighted by atomic mass is 9.89. The van der Waals surface area contributed by atoms with Gasteiger partial charge in [0, 0.05) is 31.6 Å². The van der Waals surface area contributed by atoms with Crippen molar-refractivity contribution in [2.24, 2.45) is 11.8 Å². The van der Waals surface area contributed by atoms with Crippen LogP contribution in [-0.4, -0.2) is 49.5 Å². The number of carbonyl (C=O) groups is 1. The Kier molecular flexibility index (Phi) is 4.64. The standard InChI is InChI=1S/C22H25FN2O2/c1-14-5-4-6-19(23)20(14)22(26)25-12-16-11-24(2)21(18(16)13-25)15-7-9-17(27-3)10-8-15/h4-10,16,18,21H,11-13H2,1-3H3/t16-,18+,21+/m0/s1. The summed E-state index contributed by atoms with van der Waals surface area (Å²) in [6, 6.07) is 13.2. The number of aryl methyl sites for hydroxylation is 1. The monoisotopic (exact) mass is 368 g/mol. The van der Waals surface area contributed by atoms with E-state index in [1.54, 1.807) is 26.2 Å². The minimum atomic E-state index is -0.430. The van der Waals surface area contributed by atoms with Gasteiger partial charge < -0.3 is 9.64 Å². The number of ether oxygens (including phenoxy) is 1. The number of nitrogens with zero attached hydrogens (tertiary/aromatic N) is 2. The number of hydrogen-bond donors (Lipinski definition) is 0. The number of fused-ring (bicyclic) bond motifs is 1. The molecule has 2 aliphatic rings. The Hall–Kier alpha value is -2.40. The van der Waals surface area contributed by atoms with Crippen LogP contribution >= 0.6 is 0 Å². The number of rotatable bonds is 3. The van der Waals surface area contributed by atoms with E-state index >= 15 is 0 Å². The van der Waals surface area contributed by atoms with Crippen LogP contribution in [0, 0.1) is 24.6 Å². The number of amides is 1. The predicted molar refractivity (Wildman–Crippen MR) is 102 cm³/mol. The molecule has 0 spiro atoms. The molecular weight excluding hydrogens is 343 g/mol. The average molecular weight is 368 g/mol. The van der Waals surface area contributed by atoms with E-state index in [1.807, 2.05) is 17.0 Å². The highest BCUT2D eigenvalue weighted by molar-refractivity contribution is 5.96. The summed E-state index contributed by atoms with van der Waals surface area (Å²) < 4.78 is 19.5. The van der Waals surface area contributed by atoms with Gasteiger partial charge in [0.1, 0.15) is 11.6 Å². The summed E-state index contributed by atoms with van der Waals surface area (Å²) in [7, 11) is 3.80. The molecule has 0 saturated carbocycles. The van der Waals surface area contributed by atoms with E-state index in [2.05, 4.69) is 24.1 Å². The van der Waals surface area contributed by atoms with Crippen LogP contribution in [0.25, 0.3) is 0 Å². The minimum absolute atomic E-state index is 0.184. The van der Waals surface area contributed by atoms with Crippen LogP contribution in [0.15, 0.2) is 42.5 Å². The first-order valence-corrected chi connectivity index (χ1v) is 9.38. The van der Waals surface area contributed by atoms with Gasteiger partial charge in [-0.2, -0.15) is 0 Å². The van der Waals surface area contributed by atoms with Crippen LogP contribution in [0.4, 0.5) is 4.39 Å². The maximum atomic E-state index is 14.3.